The molecule has 0 saturated heterocycles. The van der Waals surface area contributed by atoms with Gasteiger partial charge in [0.15, 0.2) is 0 Å². The van der Waals surface area contributed by atoms with E-state index in [0.717, 1.165) is 16.7 Å². The standard InChI is InChI=1S/C21H31FO4/c1-12-9-17(22)10-13(2)19(12)15(4)16(5)25-20(24)14(3)11-18(23)26-21(6,7)8/h9-10,14-16H,11H2,1-8H3/t14-,15+,16-/m1/s1. The second-order valence-corrected chi connectivity index (χ2v) is 8.08. The van der Waals surface area contributed by atoms with E-state index >= 15 is 0 Å². The predicted octanol–water partition coefficient (Wildman–Crippen LogP) is 4.85. The second kappa shape index (κ2) is 8.65. The lowest BCUT2D eigenvalue weighted by Crippen LogP contribution is -2.29. The summed E-state index contributed by atoms with van der Waals surface area (Å²) in [5.74, 6) is -1.81. The first kappa shape index (κ1) is 22.1. The third-order valence-electron chi connectivity index (χ3n) is 4.32. The summed E-state index contributed by atoms with van der Waals surface area (Å²) in [6, 6.07) is 2.97. The van der Waals surface area contributed by atoms with Crippen molar-refractivity contribution in [2.75, 3.05) is 0 Å². The Morgan fingerprint density at radius 3 is 2.04 bits per heavy atom. The lowest BCUT2D eigenvalue weighted by molar-refractivity contribution is -0.163. The molecule has 0 radical (unpaired) electrons. The summed E-state index contributed by atoms with van der Waals surface area (Å²) in [6.45, 7) is 14.5. The molecule has 1 aromatic carbocycles. The fourth-order valence-electron chi connectivity index (χ4n) is 2.99. The lowest BCUT2D eigenvalue weighted by atomic mass is 9.88. The molecule has 1 rings (SSSR count). The van der Waals surface area contributed by atoms with Crippen LogP contribution in [0.15, 0.2) is 12.1 Å². The first-order valence-corrected chi connectivity index (χ1v) is 9.00. The predicted molar refractivity (Wildman–Crippen MR) is 99.5 cm³/mol. The van der Waals surface area contributed by atoms with Crippen molar-refractivity contribution in [2.24, 2.45) is 5.92 Å². The van der Waals surface area contributed by atoms with Crippen molar-refractivity contribution in [1.82, 2.24) is 0 Å². The minimum atomic E-state index is -0.588. The van der Waals surface area contributed by atoms with Crippen LogP contribution in [-0.2, 0) is 19.1 Å². The van der Waals surface area contributed by atoms with Crippen LogP contribution in [0, 0.1) is 25.6 Å². The second-order valence-electron chi connectivity index (χ2n) is 8.08. The maximum atomic E-state index is 13.5. The summed E-state index contributed by atoms with van der Waals surface area (Å²) in [4.78, 5) is 24.2. The number of rotatable bonds is 6. The van der Waals surface area contributed by atoms with Gasteiger partial charge in [-0.05, 0) is 70.4 Å². The molecule has 3 atom stereocenters. The van der Waals surface area contributed by atoms with Crippen LogP contribution in [0.2, 0.25) is 0 Å². The highest BCUT2D eigenvalue weighted by Gasteiger charge is 2.27. The number of carbonyl (C=O) groups excluding carboxylic acids is 2. The van der Waals surface area contributed by atoms with E-state index in [0.29, 0.717) is 0 Å². The Labute approximate surface area is 156 Å². The van der Waals surface area contributed by atoms with Crippen molar-refractivity contribution >= 4 is 11.9 Å². The van der Waals surface area contributed by atoms with E-state index in [-0.39, 0.29) is 18.2 Å². The Hall–Kier alpha value is -1.91. The molecule has 1 aromatic rings. The quantitative estimate of drug-likeness (QED) is 0.676. The minimum Gasteiger partial charge on any atom is -0.462 e. The zero-order valence-electron chi connectivity index (χ0n) is 17.1. The SMILES string of the molecule is Cc1cc(F)cc(C)c1[C@@H](C)[C@@H](C)OC(=O)[C@H](C)CC(=O)OC(C)(C)C. The Kier molecular flexibility index (Phi) is 7.36. The first-order valence-electron chi connectivity index (χ1n) is 9.00. The van der Waals surface area contributed by atoms with Crippen LogP contribution >= 0.6 is 0 Å². The maximum Gasteiger partial charge on any atom is 0.309 e. The fourth-order valence-corrected chi connectivity index (χ4v) is 2.99. The molecular weight excluding hydrogens is 335 g/mol. The maximum absolute atomic E-state index is 13.5. The van der Waals surface area contributed by atoms with Gasteiger partial charge in [0.2, 0.25) is 0 Å². The van der Waals surface area contributed by atoms with Crippen molar-refractivity contribution in [1.29, 1.82) is 0 Å². The highest BCUT2D eigenvalue weighted by atomic mass is 19.1. The van der Waals surface area contributed by atoms with Gasteiger partial charge in [-0.15, -0.1) is 0 Å². The summed E-state index contributed by atoms with van der Waals surface area (Å²) in [5.41, 5.74) is 2.06. The lowest BCUT2D eigenvalue weighted by Gasteiger charge is -2.25. The van der Waals surface area contributed by atoms with E-state index in [4.69, 9.17) is 9.47 Å². The van der Waals surface area contributed by atoms with Gasteiger partial charge in [0.1, 0.15) is 17.5 Å². The molecule has 0 heterocycles. The van der Waals surface area contributed by atoms with Crippen molar-refractivity contribution in [2.45, 2.75) is 79.4 Å². The molecule has 0 aromatic heterocycles. The molecule has 0 aliphatic rings. The van der Waals surface area contributed by atoms with Crippen LogP contribution in [-0.4, -0.2) is 23.6 Å². The van der Waals surface area contributed by atoms with E-state index in [1.807, 2.05) is 27.7 Å². The van der Waals surface area contributed by atoms with Crippen molar-refractivity contribution in [3.63, 3.8) is 0 Å². The summed E-state index contributed by atoms with van der Waals surface area (Å²) >= 11 is 0. The topological polar surface area (TPSA) is 52.6 Å². The molecule has 5 heteroatoms. The largest absolute Gasteiger partial charge is 0.462 e. The molecule has 0 amide bonds. The Morgan fingerprint density at radius 2 is 1.58 bits per heavy atom. The van der Waals surface area contributed by atoms with Gasteiger partial charge < -0.3 is 9.47 Å². The van der Waals surface area contributed by atoms with Gasteiger partial charge >= 0.3 is 11.9 Å². The van der Waals surface area contributed by atoms with Crippen LogP contribution in [0.25, 0.3) is 0 Å². The summed E-state index contributed by atoms with van der Waals surface area (Å²) < 4.78 is 24.3. The summed E-state index contributed by atoms with van der Waals surface area (Å²) in [7, 11) is 0. The Morgan fingerprint density at radius 1 is 1.08 bits per heavy atom. The van der Waals surface area contributed by atoms with E-state index in [1.165, 1.54) is 12.1 Å². The van der Waals surface area contributed by atoms with Gasteiger partial charge in [-0.3, -0.25) is 9.59 Å². The molecule has 0 bridgehead atoms. The van der Waals surface area contributed by atoms with Gasteiger partial charge in [0, 0.05) is 5.92 Å². The molecule has 0 unspecified atom stereocenters. The summed E-state index contributed by atoms with van der Waals surface area (Å²) in [5, 5.41) is 0. The third kappa shape index (κ3) is 6.43. The average Bonchev–Trinajstić information content (AvgIpc) is 2.43. The molecule has 146 valence electrons. The van der Waals surface area contributed by atoms with Gasteiger partial charge in [-0.25, -0.2) is 4.39 Å². The minimum absolute atomic E-state index is 0.0220. The number of hydrogen-bond acceptors (Lipinski definition) is 4. The smallest absolute Gasteiger partial charge is 0.309 e. The number of halogens is 1. The Balaban J connectivity index is 2.73. The zero-order valence-corrected chi connectivity index (χ0v) is 17.1. The zero-order chi connectivity index (χ0) is 20.2. The molecule has 4 nitrogen and oxygen atoms in total. The van der Waals surface area contributed by atoms with Gasteiger partial charge in [-0.1, -0.05) is 13.8 Å². The molecule has 0 spiro atoms. The summed E-state index contributed by atoms with van der Waals surface area (Å²) in [6.07, 6.45) is -0.419. The van der Waals surface area contributed by atoms with Crippen LogP contribution in [0.5, 0.6) is 0 Å². The molecule has 0 aliphatic heterocycles. The van der Waals surface area contributed by atoms with E-state index in [2.05, 4.69) is 0 Å². The van der Waals surface area contributed by atoms with Crippen molar-refractivity contribution < 1.29 is 23.5 Å². The van der Waals surface area contributed by atoms with Crippen LogP contribution in [0.3, 0.4) is 0 Å². The molecule has 0 saturated carbocycles. The normalized spacial score (nSPS) is 15.1. The van der Waals surface area contributed by atoms with Gasteiger partial charge in [0.05, 0.1) is 12.3 Å². The number of ether oxygens (including phenoxy) is 2. The van der Waals surface area contributed by atoms with E-state index in [1.54, 1.807) is 27.7 Å². The van der Waals surface area contributed by atoms with Crippen LogP contribution in [0.1, 0.15) is 70.6 Å². The van der Waals surface area contributed by atoms with Crippen molar-refractivity contribution in [3.8, 4) is 0 Å². The first-order chi connectivity index (χ1) is 11.8. The fraction of sp³-hybridized carbons (Fsp3) is 0.619. The molecule has 0 aliphatic carbocycles. The monoisotopic (exact) mass is 366 g/mol. The molecular formula is C21H31FO4. The third-order valence-corrected chi connectivity index (χ3v) is 4.32. The van der Waals surface area contributed by atoms with E-state index < -0.39 is 29.6 Å². The van der Waals surface area contributed by atoms with Crippen LogP contribution in [0.4, 0.5) is 4.39 Å². The number of benzene rings is 1. The highest BCUT2D eigenvalue weighted by Crippen LogP contribution is 2.29. The van der Waals surface area contributed by atoms with Gasteiger partial charge in [-0.2, -0.15) is 0 Å². The number of esters is 2. The molecule has 0 N–H and O–H groups in total. The average molecular weight is 366 g/mol. The molecule has 0 fully saturated rings. The number of hydrogen-bond donors (Lipinski definition) is 0. The Bertz CT molecular complexity index is 637. The van der Waals surface area contributed by atoms with Gasteiger partial charge in [0.25, 0.3) is 0 Å². The highest BCUT2D eigenvalue weighted by molar-refractivity contribution is 5.80. The van der Waals surface area contributed by atoms with E-state index in [9.17, 15) is 14.0 Å². The number of carbonyl (C=O) groups is 2. The number of aryl methyl sites for hydroxylation is 2. The molecule has 26 heavy (non-hydrogen) atoms. The van der Waals surface area contributed by atoms with Crippen molar-refractivity contribution in [3.05, 3.63) is 34.6 Å². The van der Waals surface area contributed by atoms with Crippen LogP contribution < -0.4 is 0 Å².